The number of hydrogen-bond acceptors (Lipinski definition) is 13. The van der Waals surface area contributed by atoms with Gasteiger partial charge in [0.05, 0.1) is 54.0 Å². The monoisotopic (exact) mass is 746 g/mol. The third-order valence-electron chi connectivity index (χ3n) is 5.01. The van der Waals surface area contributed by atoms with E-state index in [1.54, 1.807) is 0 Å². The lowest BCUT2D eigenvalue weighted by molar-refractivity contribution is 0.256. The van der Waals surface area contributed by atoms with E-state index in [-0.39, 0.29) is 55.2 Å². The van der Waals surface area contributed by atoms with Crippen molar-refractivity contribution in [1.29, 1.82) is 0 Å². The van der Waals surface area contributed by atoms with Crippen LogP contribution in [0.3, 0.4) is 0 Å². The number of nitrogens with one attached hydrogen (secondary N) is 3. The fourth-order valence-electron chi connectivity index (χ4n) is 3.57. The molecule has 2 aromatic rings. The first kappa shape index (κ1) is 36.5. The molecule has 0 spiro atoms. The highest BCUT2D eigenvalue weighted by Gasteiger charge is 2.36. The number of nitrogens with zero attached hydrogens (tertiary/aromatic N) is 1. The van der Waals surface area contributed by atoms with Crippen molar-refractivity contribution in [2.45, 2.75) is 9.79 Å². The number of sulfonamides is 2. The van der Waals surface area contributed by atoms with Crippen LogP contribution in [0.15, 0.2) is 26.3 Å². The molecule has 0 aromatic heterocycles. The molecule has 0 atom stereocenters. The topological polar surface area (TPSA) is 206 Å². The number of ether oxygens (including phenoxy) is 6. The van der Waals surface area contributed by atoms with Crippen molar-refractivity contribution >= 4 is 93.3 Å². The Bertz CT molecular complexity index is 1690. The van der Waals surface area contributed by atoms with Gasteiger partial charge in [0.25, 0.3) is 20.0 Å². The van der Waals surface area contributed by atoms with E-state index in [4.69, 9.17) is 40.0 Å². The van der Waals surface area contributed by atoms with E-state index in [0.717, 1.165) is 0 Å². The van der Waals surface area contributed by atoms with Crippen LogP contribution in [0.25, 0.3) is 0 Å². The molecule has 0 saturated heterocycles. The molecule has 0 unspecified atom stereocenters. The van der Waals surface area contributed by atoms with Crippen LogP contribution in [0.4, 0.5) is 16.2 Å². The van der Waals surface area contributed by atoms with Crippen molar-refractivity contribution in [3.05, 3.63) is 12.1 Å². The van der Waals surface area contributed by atoms with Crippen LogP contribution < -0.4 is 43.8 Å². The Labute approximate surface area is 265 Å². The largest absolute Gasteiger partial charge is 0.493 e. The second-order valence-corrected chi connectivity index (χ2v) is 17.6. The van der Waals surface area contributed by atoms with Crippen molar-refractivity contribution in [3.8, 4) is 34.5 Å². The summed E-state index contributed by atoms with van der Waals surface area (Å²) in [6, 6.07) is 1.96. The van der Waals surface area contributed by atoms with Crippen molar-refractivity contribution in [1.82, 2.24) is 4.72 Å². The second kappa shape index (κ2) is 14.4. The molecule has 2 aliphatic rings. The average Bonchev–Trinajstić information content (AvgIpc) is 2.88. The molecular formula is C20H23Cl4N4O12PS2. The Balaban J connectivity index is 0.000000260. The zero-order chi connectivity index (χ0) is 32.9. The molecule has 16 nitrogen and oxygen atoms in total. The minimum Gasteiger partial charge on any atom is -0.493 e. The van der Waals surface area contributed by atoms with Gasteiger partial charge in [0.1, 0.15) is 0 Å². The number of urea groups is 1. The quantitative estimate of drug-likeness (QED) is 0.269. The summed E-state index contributed by atoms with van der Waals surface area (Å²) in [6.45, 7) is 0. The minimum absolute atomic E-state index is 0.0114. The Kier molecular flexibility index (Phi) is 12.2. The SMILES string of the molecule is COc1cc2c(c(OC)c1OC)S(=O)(=O)N=C(Cl)N2.COc1cc2c(c(OC)c1OC)S(=O)(=O)NC(=O)N2.O=P(Cl)(Cl)Cl. The first-order chi connectivity index (χ1) is 19.9. The predicted octanol–water partition coefficient (Wildman–Crippen LogP) is 4.77. The molecule has 0 radical (unpaired) electrons. The summed E-state index contributed by atoms with van der Waals surface area (Å²) >= 11 is 19.5. The van der Waals surface area contributed by atoms with Crippen LogP contribution in [0.1, 0.15) is 0 Å². The van der Waals surface area contributed by atoms with Gasteiger partial charge in [-0.25, -0.2) is 17.9 Å². The van der Waals surface area contributed by atoms with Crippen LogP contribution in [-0.2, 0) is 24.6 Å². The molecule has 2 aliphatic heterocycles. The van der Waals surface area contributed by atoms with E-state index >= 15 is 0 Å². The Morgan fingerprint density at radius 2 is 1.09 bits per heavy atom. The molecule has 0 aliphatic carbocycles. The summed E-state index contributed by atoms with van der Waals surface area (Å²) in [5.41, 5.74) is 0.285. The molecule has 2 aromatic carbocycles. The van der Waals surface area contributed by atoms with Crippen molar-refractivity contribution < 1.29 is 54.6 Å². The normalized spacial score (nSPS) is 15.4. The van der Waals surface area contributed by atoms with Gasteiger partial charge in [0, 0.05) is 12.1 Å². The van der Waals surface area contributed by atoms with Gasteiger partial charge < -0.3 is 39.1 Å². The molecule has 0 saturated carbocycles. The summed E-state index contributed by atoms with van der Waals surface area (Å²) < 4.78 is 93.3. The van der Waals surface area contributed by atoms with Gasteiger partial charge in [0.15, 0.2) is 32.8 Å². The van der Waals surface area contributed by atoms with Gasteiger partial charge in [0.2, 0.25) is 16.8 Å². The number of amides is 2. The summed E-state index contributed by atoms with van der Waals surface area (Å²) in [6.07, 6.45) is 0. The highest BCUT2D eigenvalue weighted by Crippen LogP contribution is 2.61. The third-order valence-corrected chi connectivity index (χ3v) is 8.03. The standard InChI is InChI=1S/C10H11ClN2O5S.C10H12N2O6S.Cl3OP/c1-16-6-4-5-9(8(18-3)7(6)17-2)19(14,15)13-10(11)12-5;1-16-6-4-5-9(8(18-3)7(6)17-2)19(14,15)12-10(13)11-5;1-5(2,3)4/h4H,1-3H3,(H,12,13);4H,1-3H3,(H2,11,12,13);. The Hall–Kier alpha value is -2.73. The lowest BCUT2D eigenvalue weighted by Gasteiger charge is -2.23. The maximum atomic E-state index is 12.0. The first-order valence-electron chi connectivity index (χ1n) is 10.8. The van der Waals surface area contributed by atoms with Crippen LogP contribution in [0.5, 0.6) is 34.5 Å². The van der Waals surface area contributed by atoms with Gasteiger partial charge in [-0.3, -0.25) is 4.57 Å². The van der Waals surface area contributed by atoms with Crippen molar-refractivity contribution in [2.24, 2.45) is 4.40 Å². The molecule has 0 bridgehead atoms. The van der Waals surface area contributed by atoms with Gasteiger partial charge in [-0.05, 0) is 45.3 Å². The number of halogens is 4. The van der Waals surface area contributed by atoms with Gasteiger partial charge in [-0.15, -0.1) is 4.40 Å². The summed E-state index contributed by atoms with van der Waals surface area (Å²) in [4.78, 5) is 10.9. The smallest absolute Gasteiger partial charge is 0.339 e. The highest BCUT2D eigenvalue weighted by atomic mass is 36.0. The van der Waals surface area contributed by atoms with E-state index in [1.165, 1.54) is 54.8 Å². The zero-order valence-electron chi connectivity index (χ0n) is 22.8. The lowest BCUT2D eigenvalue weighted by atomic mass is 10.2. The minimum atomic E-state index is -4.01. The number of benzene rings is 2. The van der Waals surface area contributed by atoms with Crippen molar-refractivity contribution in [2.75, 3.05) is 53.3 Å². The molecule has 2 heterocycles. The molecule has 240 valence electrons. The van der Waals surface area contributed by atoms with E-state index < -0.39 is 31.3 Å². The van der Waals surface area contributed by atoms with Crippen LogP contribution in [0, 0.1) is 0 Å². The fraction of sp³-hybridized carbons (Fsp3) is 0.300. The number of hydrogen-bond donors (Lipinski definition) is 3. The van der Waals surface area contributed by atoms with Gasteiger partial charge in [-0.1, -0.05) is 0 Å². The van der Waals surface area contributed by atoms with E-state index in [9.17, 15) is 26.2 Å². The molecular weight excluding hydrogens is 725 g/mol. The van der Waals surface area contributed by atoms with E-state index in [0.29, 0.717) is 5.75 Å². The number of carbonyl (C=O) groups excluding carboxylic acids is 1. The number of methoxy groups -OCH3 is 6. The molecule has 43 heavy (non-hydrogen) atoms. The van der Waals surface area contributed by atoms with E-state index in [1.807, 2.05) is 4.72 Å². The molecule has 4 rings (SSSR count). The van der Waals surface area contributed by atoms with Crippen LogP contribution in [-0.4, -0.2) is 70.8 Å². The highest BCUT2D eigenvalue weighted by molar-refractivity contribution is 8.24. The second-order valence-electron chi connectivity index (χ2n) is 7.48. The number of rotatable bonds is 6. The predicted molar refractivity (Wildman–Crippen MR) is 161 cm³/mol. The van der Waals surface area contributed by atoms with Crippen LogP contribution >= 0.6 is 50.5 Å². The molecule has 2 amide bonds. The van der Waals surface area contributed by atoms with E-state index in [2.05, 4.69) is 48.8 Å². The van der Waals surface area contributed by atoms with Gasteiger partial charge >= 0.3 is 11.2 Å². The number of carbonyl (C=O) groups is 1. The molecule has 3 N–H and O–H groups in total. The van der Waals surface area contributed by atoms with Crippen molar-refractivity contribution in [3.63, 3.8) is 0 Å². The maximum Gasteiger partial charge on any atom is 0.339 e. The average molecular weight is 748 g/mol. The summed E-state index contributed by atoms with van der Waals surface area (Å²) in [5, 5.41) is 1.54. The summed E-state index contributed by atoms with van der Waals surface area (Å²) in [7, 11) is 0.202. The Morgan fingerprint density at radius 1 is 0.698 bits per heavy atom. The lowest BCUT2D eigenvalue weighted by Crippen LogP contribution is -2.39. The molecule has 0 fully saturated rings. The first-order valence-corrected chi connectivity index (χ1v) is 18.6. The number of anilines is 2. The zero-order valence-corrected chi connectivity index (χ0v) is 28.3. The third kappa shape index (κ3) is 8.68. The fourth-order valence-corrected chi connectivity index (χ4v) is 6.31. The summed E-state index contributed by atoms with van der Waals surface area (Å²) in [5.74, 6) is 0.830. The molecule has 23 heteroatoms. The van der Waals surface area contributed by atoms with Gasteiger partial charge in [-0.2, -0.15) is 8.42 Å². The maximum absolute atomic E-state index is 12.0. The number of amidine groups is 1. The van der Waals surface area contributed by atoms with Crippen LogP contribution in [0.2, 0.25) is 0 Å². The Morgan fingerprint density at radius 3 is 1.49 bits per heavy atom. The number of fused-ring (bicyclic) bond motifs is 2.